The molecule has 0 saturated carbocycles. The molecule has 0 bridgehead atoms. The summed E-state index contributed by atoms with van der Waals surface area (Å²) in [5.41, 5.74) is 5.78. The SMILES string of the molecule is Cc1ccc(Oc2ccc(Nc3ncnc4ccc(-n5cc(CCO)c(C(=O)NCCN6CCCC6)c5)cc34)cc2C)cn1. The fourth-order valence-electron chi connectivity index (χ4n) is 5.52. The topological polar surface area (TPSA) is 117 Å². The Balaban J connectivity index is 1.22. The predicted octanol–water partition coefficient (Wildman–Crippen LogP) is 5.33. The molecule has 0 spiro atoms. The van der Waals surface area contributed by atoms with E-state index in [0.29, 0.717) is 30.1 Å². The van der Waals surface area contributed by atoms with Gasteiger partial charge in [0, 0.05) is 54.5 Å². The van der Waals surface area contributed by atoms with Gasteiger partial charge in [-0.15, -0.1) is 0 Å². The maximum Gasteiger partial charge on any atom is 0.253 e. The summed E-state index contributed by atoms with van der Waals surface area (Å²) in [4.78, 5) is 28.8. The molecular formula is C34H37N7O3. The quantitative estimate of drug-likeness (QED) is 0.189. The summed E-state index contributed by atoms with van der Waals surface area (Å²) in [5.74, 6) is 1.97. The van der Waals surface area contributed by atoms with Gasteiger partial charge in [-0.25, -0.2) is 9.97 Å². The average Bonchev–Trinajstić information content (AvgIpc) is 3.70. The zero-order valence-corrected chi connectivity index (χ0v) is 25.1. The second-order valence-electron chi connectivity index (χ2n) is 11.1. The molecule has 0 radical (unpaired) electrons. The van der Waals surface area contributed by atoms with Crippen molar-refractivity contribution in [3.05, 3.63) is 95.8 Å². The number of amides is 1. The van der Waals surface area contributed by atoms with Crippen LogP contribution in [0, 0.1) is 13.8 Å². The van der Waals surface area contributed by atoms with E-state index in [-0.39, 0.29) is 12.5 Å². The molecule has 0 aliphatic carbocycles. The van der Waals surface area contributed by atoms with Crippen LogP contribution in [0.3, 0.4) is 0 Å². The number of pyridine rings is 1. The summed E-state index contributed by atoms with van der Waals surface area (Å²) in [7, 11) is 0. The first-order chi connectivity index (χ1) is 21.5. The van der Waals surface area contributed by atoms with E-state index < -0.39 is 0 Å². The van der Waals surface area contributed by atoms with Gasteiger partial charge in [-0.1, -0.05) is 0 Å². The number of nitrogens with zero attached hydrogens (tertiary/aromatic N) is 5. The highest BCUT2D eigenvalue weighted by molar-refractivity contribution is 5.96. The molecule has 1 aliphatic heterocycles. The minimum atomic E-state index is -0.126. The number of carbonyl (C=O) groups is 1. The van der Waals surface area contributed by atoms with E-state index in [2.05, 4.69) is 30.5 Å². The number of aromatic nitrogens is 4. The number of ether oxygens (including phenoxy) is 1. The molecule has 5 aromatic rings. The molecule has 0 unspecified atom stereocenters. The average molecular weight is 592 g/mol. The fraction of sp³-hybridized carbons (Fsp3) is 0.294. The number of anilines is 2. The molecule has 10 nitrogen and oxygen atoms in total. The van der Waals surface area contributed by atoms with Crippen molar-refractivity contribution in [2.24, 2.45) is 0 Å². The second kappa shape index (κ2) is 13.2. The molecule has 6 rings (SSSR count). The molecule has 44 heavy (non-hydrogen) atoms. The normalized spacial score (nSPS) is 13.3. The molecule has 3 aromatic heterocycles. The first-order valence-corrected chi connectivity index (χ1v) is 15.0. The van der Waals surface area contributed by atoms with E-state index >= 15 is 0 Å². The maximum absolute atomic E-state index is 13.1. The molecular weight excluding hydrogens is 554 g/mol. The lowest BCUT2D eigenvalue weighted by Gasteiger charge is -2.14. The van der Waals surface area contributed by atoms with Crippen LogP contribution in [-0.2, 0) is 6.42 Å². The van der Waals surface area contributed by atoms with Gasteiger partial charge in [0.2, 0.25) is 0 Å². The molecule has 10 heteroatoms. The molecule has 0 atom stereocenters. The summed E-state index contributed by atoms with van der Waals surface area (Å²) >= 11 is 0. The van der Waals surface area contributed by atoms with Gasteiger partial charge in [0.15, 0.2) is 0 Å². The highest BCUT2D eigenvalue weighted by Gasteiger charge is 2.17. The van der Waals surface area contributed by atoms with Gasteiger partial charge in [0.05, 0.1) is 17.3 Å². The molecule has 1 fully saturated rings. The number of aliphatic hydroxyl groups is 1. The molecule has 1 saturated heterocycles. The second-order valence-corrected chi connectivity index (χ2v) is 11.1. The van der Waals surface area contributed by atoms with Crippen molar-refractivity contribution in [2.75, 3.05) is 38.1 Å². The van der Waals surface area contributed by atoms with Crippen molar-refractivity contribution in [1.82, 2.24) is 29.7 Å². The molecule has 4 heterocycles. The lowest BCUT2D eigenvalue weighted by Crippen LogP contribution is -2.33. The summed E-state index contributed by atoms with van der Waals surface area (Å²) in [6.07, 6.45) is 9.84. The number of hydrogen-bond acceptors (Lipinski definition) is 8. The zero-order chi connectivity index (χ0) is 30.5. The third-order valence-corrected chi connectivity index (χ3v) is 7.91. The van der Waals surface area contributed by atoms with Crippen LogP contribution < -0.4 is 15.4 Å². The summed E-state index contributed by atoms with van der Waals surface area (Å²) in [5, 5.41) is 17.0. The van der Waals surface area contributed by atoms with Gasteiger partial charge in [-0.05, 0) is 106 Å². The van der Waals surface area contributed by atoms with Crippen molar-refractivity contribution < 1.29 is 14.6 Å². The monoisotopic (exact) mass is 591 g/mol. The minimum absolute atomic E-state index is 0.0388. The van der Waals surface area contributed by atoms with Crippen LogP contribution in [0.25, 0.3) is 16.6 Å². The maximum atomic E-state index is 13.1. The van der Waals surface area contributed by atoms with E-state index in [0.717, 1.165) is 64.5 Å². The highest BCUT2D eigenvalue weighted by Crippen LogP contribution is 2.30. The Morgan fingerprint density at radius 3 is 2.64 bits per heavy atom. The molecule has 1 amide bonds. The number of likely N-dealkylation sites (tertiary alicyclic amines) is 1. The number of rotatable bonds is 11. The van der Waals surface area contributed by atoms with Crippen LogP contribution in [0.15, 0.2) is 73.4 Å². The number of aryl methyl sites for hydroxylation is 2. The summed E-state index contributed by atoms with van der Waals surface area (Å²) in [6, 6.07) is 15.6. The summed E-state index contributed by atoms with van der Waals surface area (Å²) < 4.78 is 7.95. The van der Waals surface area contributed by atoms with Gasteiger partial charge < -0.3 is 29.9 Å². The number of hydrogen-bond donors (Lipinski definition) is 3. The van der Waals surface area contributed by atoms with E-state index in [1.165, 1.54) is 12.8 Å². The van der Waals surface area contributed by atoms with Crippen molar-refractivity contribution >= 4 is 28.3 Å². The fourth-order valence-corrected chi connectivity index (χ4v) is 5.52. The van der Waals surface area contributed by atoms with Crippen molar-refractivity contribution in [2.45, 2.75) is 33.1 Å². The highest BCUT2D eigenvalue weighted by atomic mass is 16.5. The Bertz CT molecular complexity index is 1760. The van der Waals surface area contributed by atoms with E-state index in [1.54, 1.807) is 12.5 Å². The Kier molecular flexibility index (Phi) is 8.81. The van der Waals surface area contributed by atoms with Crippen molar-refractivity contribution in [3.8, 4) is 17.2 Å². The van der Waals surface area contributed by atoms with Gasteiger partial charge in [-0.3, -0.25) is 9.78 Å². The standard InChI is InChI=1S/C34H37N7O3/c1-23-17-26(6-10-32(23)44-28-8-5-24(2)36-19-28)39-33-29-18-27(7-9-31(29)37-22-38-33)41-20-25(11-16-42)30(21-41)34(43)35-12-15-40-13-3-4-14-40/h5-10,17-22,42H,3-4,11-16H2,1-2H3,(H,35,43)(H,37,38,39). The Labute approximate surface area is 256 Å². The molecule has 1 aliphatic rings. The first-order valence-electron chi connectivity index (χ1n) is 15.0. The molecule has 3 N–H and O–H groups in total. The smallest absolute Gasteiger partial charge is 0.253 e. The van der Waals surface area contributed by atoms with Crippen LogP contribution in [0.4, 0.5) is 11.5 Å². The van der Waals surface area contributed by atoms with E-state index in [4.69, 9.17) is 4.74 Å². The van der Waals surface area contributed by atoms with Crippen LogP contribution in [0.5, 0.6) is 11.5 Å². The van der Waals surface area contributed by atoms with Crippen LogP contribution in [-0.4, -0.2) is 68.2 Å². The van der Waals surface area contributed by atoms with Gasteiger partial charge in [0.25, 0.3) is 5.91 Å². The van der Waals surface area contributed by atoms with Crippen LogP contribution in [0.2, 0.25) is 0 Å². The Morgan fingerprint density at radius 2 is 1.86 bits per heavy atom. The largest absolute Gasteiger partial charge is 0.455 e. The van der Waals surface area contributed by atoms with E-state index in [9.17, 15) is 9.90 Å². The number of aliphatic hydroxyl groups excluding tert-OH is 1. The Morgan fingerprint density at radius 1 is 1.00 bits per heavy atom. The number of carbonyl (C=O) groups excluding carboxylic acids is 1. The van der Waals surface area contributed by atoms with Gasteiger partial charge in [-0.2, -0.15) is 0 Å². The summed E-state index contributed by atoms with van der Waals surface area (Å²) in [6.45, 7) is 7.53. The van der Waals surface area contributed by atoms with Crippen LogP contribution in [0.1, 0.15) is 40.0 Å². The zero-order valence-electron chi connectivity index (χ0n) is 25.1. The first kappa shape index (κ1) is 29.3. The lowest BCUT2D eigenvalue weighted by molar-refractivity contribution is 0.0948. The van der Waals surface area contributed by atoms with Crippen molar-refractivity contribution in [1.29, 1.82) is 0 Å². The minimum Gasteiger partial charge on any atom is -0.455 e. The molecule has 226 valence electrons. The van der Waals surface area contributed by atoms with Gasteiger partial charge >= 0.3 is 0 Å². The molecule has 2 aromatic carbocycles. The number of fused-ring (bicyclic) bond motifs is 1. The van der Waals surface area contributed by atoms with Crippen LogP contribution >= 0.6 is 0 Å². The number of nitrogens with one attached hydrogen (secondary N) is 2. The third kappa shape index (κ3) is 6.72. The Hall–Kier alpha value is -4.80. The predicted molar refractivity (Wildman–Crippen MR) is 171 cm³/mol. The van der Waals surface area contributed by atoms with Gasteiger partial charge in [0.1, 0.15) is 23.6 Å². The van der Waals surface area contributed by atoms with E-state index in [1.807, 2.05) is 79.3 Å². The lowest BCUT2D eigenvalue weighted by atomic mass is 10.1. The van der Waals surface area contributed by atoms with Crippen molar-refractivity contribution in [3.63, 3.8) is 0 Å². The third-order valence-electron chi connectivity index (χ3n) is 7.91. The number of benzene rings is 2.